The lowest BCUT2D eigenvalue weighted by Crippen LogP contribution is -2.29. The van der Waals surface area contributed by atoms with Crippen LogP contribution in [0.25, 0.3) is 21.7 Å². The van der Waals surface area contributed by atoms with Gasteiger partial charge < -0.3 is 15.3 Å². The summed E-state index contributed by atoms with van der Waals surface area (Å²) in [6.07, 6.45) is 7.61. The van der Waals surface area contributed by atoms with Gasteiger partial charge in [-0.3, -0.25) is 5.10 Å². The number of hydrogen-bond donors (Lipinski definition) is 3. The Labute approximate surface area is 166 Å². The predicted molar refractivity (Wildman–Crippen MR) is 108 cm³/mol. The van der Waals surface area contributed by atoms with Crippen molar-refractivity contribution in [3.05, 3.63) is 30.3 Å². The normalized spacial score (nSPS) is 16.2. The Morgan fingerprint density at radius 2 is 1.82 bits per heavy atom. The molecule has 3 heterocycles. The molecule has 148 valence electrons. The van der Waals surface area contributed by atoms with Crippen LogP contribution in [0.1, 0.15) is 25.7 Å². The van der Waals surface area contributed by atoms with E-state index in [2.05, 4.69) is 30.6 Å². The summed E-state index contributed by atoms with van der Waals surface area (Å²) in [6, 6.07) is 2.92. The number of benzene rings is 1. The molecule has 0 atom stereocenters. The summed E-state index contributed by atoms with van der Waals surface area (Å²) < 4.78 is 14.8. The van der Waals surface area contributed by atoms with Crippen molar-refractivity contribution in [2.24, 2.45) is 0 Å². The largest absolute Gasteiger partial charge is 0.507 e. The van der Waals surface area contributed by atoms with Crippen molar-refractivity contribution in [2.45, 2.75) is 25.7 Å². The molecule has 0 bridgehead atoms. The van der Waals surface area contributed by atoms with Crippen molar-refractivity contribution in [1.82, 2.24) is 25.7 Å². The molecule has 1 fully saturated rings. The molecule has 1 aliphatic rings. The third kappa shape index (κ3) is 4.15. The highest BCUT2D eigenvalue weighted by Gasteiger charge is 2.20. The van der Waals surface area contributed by atoms with Crippen LogP contribution in [0.5, 0.6) is 5.75 Å². The summed E-state index contributed by atoms with van der Waals surface area (Å²) in [7, 11) is 0. The zero-order valence-electron chi connectivity index (χ0n) is 15.5. The minimum atomic E-state index is -0.522. The van der Waals surface area contributed by atoms with Crippen molar-refractivity contribution in [3.63, 3.8) is 0 Å². The third-order valence-electron chi connectivity index (χ3n) is 4.86. The molecule has 2 aromatic heterocycles. The van der Waals surface area contributed by atoms with Crippen LogP contribution in [0.2, 0.25) is 0 Å². The van der Waals surface area contributed by atoms with Crippen LogP contribution >= 0.6 is 11.3 Å². The van der Waals surface area contributed by atoms with E-state index in [9.17, 15) is 9.50 Å². The molecule has 0 spiro atoms. The average Bonchev–Trinajstić information content (AvgIpc) is 3.38. The predicted octanol–water partition coefficient (Wildman–Crippen LogP) is 3.41. The Kier molecular flexibility index (Phi) is 5.82. The zero-order chi connectivity index (χ0) is 19.3. The summed E-state index contributed by atoms with van der Waals surface area (Å²) in [6.45, 7) is 3.89. The Balaban J connectivity index is 1.58. The van der Waals surface area contributed by atoms with Gasteiger partial charge in [0.2, 0.25) is 5.13 Å². The number of nitrogens with one attached hydrogen (secondary N) is 2. The van der Waals surface area contributed by atoms with Gasteiger partial charge >= 0.3 is 0 Å². The van der Waals surface area contributed by atoms with Gasteiger partial charge in [-0.2, -0.15) is 5.10 Å². The van der Waals surface area contributed by atoms with Crippen LogP contribution in [0, 0.1) is 5.82 Å². The van der Waals surface area contributed by atoms with Crippen molar-refractivity contribution in [2.75, 3.05) is 31.1 Å². The number of phenolic OH excluding ortho intramolecular Hbond substituents is 1. The highest BCUT2D eigenvalue weighted by molar-refractivity contribution is 7.18. The van der Waals surface area contributed by atoms with Crippen molar-refractivity contribution in [1.29, 1.82) is 0 Å². The van der Waals surface area contributed by atoms with E-state index in [1.165, 1.54) is 23.5 Å². The lowest BCUT2D eigenvalue weighted by atomic mass is 10.1. The fraction of sp³-hybridized carbons (Fsp3) is 0.421. The second-order valence-electron chi connectivity index (χ2n) is 6.88. The highest BCUT2D eigenvalue weighted by atomic mass is 32.1. The SMILES string of the molecule is Oc1cc(-c2cn[nH]c2)cc(F)c1-c1nnc(N2CCCCNCCCC2)s1. The molecule has 4 rings (SSSR count). The van der Waals surface area contributed by atoms with Crippen LogP contribution in [0.4, 0.5) is 9.52 Å². The number of H-pyrrole nitrogens is 1. The number of aromatic nitrogens is 4. The second kappa shape index (κ2) is 8.66. The minimum absolute atomic E-state index is 0.0984. The first-order valence-corrected chi connectivity index (χ1v) is 10.4. The van der Waals surface area contributed by atoms with Gasteiger partial charge in [0.25, 0.3) is 0 Å². The molecule has 9 heteroatoms. The Morgan fingerprint density at radius 1 is 1.04 bits per heavy atom. The van der Waals surface area contributed by atoms with Crippen molar-refractivity contribution in [3.8, 4) is 27.4 Å². The Bertz CT molecular complexity index is 880. The third-order valence-corrected chi connectivity index (χ3v) is 5.86. The maximum Gasteiger partial charge on any atom is 0.208 e. The van der Waals surface area contributed by atoms with E-state index in [1.54, 1.807) is 12.4 Å². The number of rotatable bonds is 3. The lowest BCUT2D eigenvalue weighted by molar-refractivity contribution is 0.472. The summed E-state index contributed by atoms with van der Waals surface area (Å²) in [4.78, 5) is 2.22. The molecule has 0 aliphatic carbocycles. The number of phenols is 1. The summed E-state index contributed by atoms with van der Waals surface area (Å²) in [5, 5.41) is 30.1. The number of aromatic amines is 1. The second-order valence-corrected chi connectivity index (χ2v) is 7.84. The molecular formula is C19H23FN6OS. The van der Waals surface area contributed by atoms with Gasteiger partial charge in [0, 0.05) is 24.8 Å². The topological polar surface area (TPSA) is 90.0 Å². The maximum absolute atomic E-state index is 14.8. The van der Waals surface area contributed by atoms with E-state index in [-0.39, 0.29) is 11.3 Å². The first-order chi connectivity index (χ1) is 13.7. The monoisotopic (exact) mass is 402 g/mol. The highest BCUT2D eigenvalue weighted by Crippen LogP contribution is 2.39. The Morgan fingerprint density at radius 3 is 2.50 bits per heavy atom. The van der Waals surface area contributed by atoms with Crippen LogP contribution in [0.3, 0.4) is 0 Å². The van der Waals surface area contributed by atoms with E-state index in [4.69, 9.17) is 0 Å². The first kappa shape index (κ1) is 18.8. The molecular weight excluding hydrogens is 379 g/mol. The average molecular weight is 402 g/mol. The molecule has 0 saturated carbocycles. The van der Waals surface area contributed by atoms with Crippen LogP contribution in [0.15, 0.2) is 24.5 Å². The van der Waals surface area contributed by atoms with Crippen LogP contribution < -0.4 is 10.2 Å². The van der Waals surface area contributed by atoms with Gasteiger partial charge in [0.05, 0.1) is 11.8 Å². The van der Waals surface area contributed by atoms with E-state index in [0.29, 0.717) is 16.1 Å². The summed E-state index contributed by atoms with van der Waals surface area (Å²) in [5.74, 6) is -0.670. The van der Waals surface area contributed by atoms with Gasteiger partial charge in [-0.05, 0) is 56.5 Å². The maximum atomic E-state index is 14.8. The number of halogens is 1. The number of hydrogen-bond acceptors (Lipinski definition) is 7. The molecule has 1 aliphatic heterocycles. The minimum Gasteiger partial charge on any atom is -0.507 e. The molecule has 0 radical (unpaired) electrons. The van der Waals surface area contributed by atoms with Gasteiger partial charge in [-0.15, -0.1) is 10.2 Å². The van der Waals surface area contributed by atoms with E-state index in [1.807, 2.05) is 0 Å². The van der Waals surface area contributed by atoms with Gasteiger partial charge in [-0.1, -0.05) is 11.3 Å². The Hall–Kier alpha value is -2.52. The smallest absolute Gasteiger partial charge is 0.208 e. The van der Waals surface area contributed by atoms with Crippen LogP contribution in [-0.4, -0.2) is 51.7 Å². The van der Waals surface area contributed by atoms with Crippen molar-refractivity contribution < 1.29 is 9.50 Å². The van der Waals surface area contributed by atoms with Crippen molar-refractivity contribution >= 4 is 16.5 Å². The molecule has 3 N–H and O–H groups in total. The lowest BCUT2D eigenvalue weighted by Gasteiger charge is -2.22. The molecule has 0 unspecified atom stereocenters. The number of anilines is 1. The van der Waals surface area contributed by atoms with Crippen LogP contribution in [-0.2, 0) is 0 Å². The van der Waals surface area contributed by atoms with E-state index in [0.717, 1.165) is 57.0 Å². The molecule has 1 saturated heterocycles. The molecule has 3 aromatic rings. The van der Waals surface area contributed by atoms with Gasteiger partial charge in [0.15, 0.2) is 5.01 Å². The first-order valence-electron chi connectivity index (χ1n) is 9.53. The van der Waals surface area contributed by atoms with E-state index < -0.39 is 5.82 Å². The molecule has 1 aromatic carbocycles. The molecule has 7 nitrogen and oxygen atoms in total. The fourth-order valence-electron chi connectivity index (χ4n) is 3.36. The zero-order valence-corrected chi connectivity index (χ0v) is 16.3. The number of nitrogens with zero attached hydrogens (tertiary/aromatic N) is 4. The molecule has 28 heavy (non-hydrogen) atoms. The standard InChI is InChI=1S/C19H23FN6OS/c20-15-9-13(14-11-22-23-12-14)10-16(27)17(15)18-24-25-19(28-18)26-7-3-1-5-21-6-2-4-8-26/h9-12,21,27H,1-8H2,(H,22,23). The molecule has 0 amide bonds. The fourth-order valence-corrected chi connectivity index (χ4v) is 4.31. The number of aromatic hydroxyl groups is 1. The quantitative estimate of drug-likeness (QED) is 0.622. The summed E-state index contributed by atoms with van der Waals surface area (Å²) in [5.41, 5.74) is 1.36. The summed E-state index contributed by atoms with van der Waals surface area (Å²) >= 11 is 1.32. The van der Waals surface area contributed by atoms with Gasteiger partial charge in [0.1, 0.15) is 11.6 Å². The van der Waals surface area contributed by atoms with Gasteiger partial charge in [-0.25, -0.2) is 4.39 Å². The van der Waals surface area contributed by atoms with E-state index >= 15 is 0 Å².